The molecule has 3 rings (SSSR count). The van der Waals surface area contributed by atoms with E-state index < -0.39 is 12.0 Å². The second-order valence-corrected chi connectivity index (χ2v) is 8.09. The Morgan fingerprint density at radius 1 is 1.32 bits per heavy atom. The maximum atomic E-state index is 12.6. The molecule has 1 atom stereocenters. The summed E-state index contributed by atoms with van der Waals surface area (Å²) in [4.78, 5) is 30.5. The van der Waals surface area contributed by atoms with Crippen molar-refractivity contribution in [3.8, 4) is 5.75 Å². The third-order valence-corrected chi connectivity index (χ3v) is 5.59. The number of fused-ring (bicyclic) bond motifs is 1. The van der Waals surface area contributed by atoms with Crippen LogP contribution in [0.25, 0.3) is 6.08 Å². The quantitative estimate of drug-likeness (QED) is 0.281. The van der Waals surface area contributed by atoms with Gasteiger partial charge in [0, 0.05) is 19.0 Å². The number of carbonyl (C=O) groups is 2. The minimum Gasteiger partial charge on any atom is -0.493 e. The van der Waals surface area contributed by atoms with Gasteiger partial charge in [-0.2, -0.15) is 0 Å². The number of carbonyl (C=O) groups excluding carboxylic acids is 1. The van der Waals surface area contributed by atoms with Crippen molar-refractivity contribution < 1.29 is 23.8 Å². The molecule has 0 aliphatic carbocycles. The zero-order valence-electron chi connectivity index (χ0n) is 19.8. The number of unbranched alkanes of at least 4 members (excludes halogenated alkanes) is 2. The van der Waals surface area contributed by atoms with Gasteiger partial charge in [0.1, 0.15) is 12.0 Å². The van der Waals surface area contributed by atoms with E-state index in [2.05, 4.69) is 18.0 Å². The standard InChI is InChI=1S/C27H32N2O5/c1-3-5-7-9-10-24-28-21(19-34-24)15-17-33-22-13-12-20-14-16-29(25(30)11-8-6-4-2)26(27(31)32)23(20)18-22/h4,6,8-13,18-19,26H,3,5,7,14-17H2,1-2H3,(H,31,32)/b6-4?,10-9+,11-8?. The maximum absolute atomic E-state index is 12.6. The average molecular weight is 465 g/mol. The van der Waals surface area contributed by atoms with Crippen LogP contribution < -0.4 is 4.74 Å². The minimum absolute atomic E-state index is 0.326. The SMILES string of the molecule is CC=CC=CC(=O)N1CCc2ccc(OCCc3coc(/C=C/CCCC)n3)cc2C1C(=O)O. The molecule has 0 saturated heterocycles. The Morgan fingerprint density at radius 3 is 2.94 bits per heavy atom. The molecule has 0 saturated carbocycles. The van der Waals surface area contributed by atoms with E-state index in [1.54, 1.807) is 30.6 Å². The molecule has 2 heterocycles. The van der Waals surface area contributed by atoms with Gasteiger partial charge in [0.25, 0.3) is 0 Å². The van der Waals surface area contributed by atoms with E-state index in [1.807, 2.05) is 25.1 Å². The van der Waals surface area contributed by atoms with Crippen LogP contribution in [-0.2, 0) is 22.4 Å². The fraction of sp³-hybridized carbons (Fsp3) is 0.370. The Bertz CT molecular complexity index is 1070. The van der Waals surface area contributed by atoms with Crippen LogP contribution in [0.3, 0.4) is 0 Å². The molecule has 180 valence electrons. The number of oxazole rings is 1. The zero-order chi connectivity index (χ0) is 24.3. The number of rotatable bonds is 11. The van der Waals surface area contributed by atoms with Crippen molar-refractivity contribution in [2.45, 2.75) is 52.0 Å². The summed E-state index contributed by atoms with van der Waals surface area (Å²) in [5.41, 5.74) is 2.29. The Labute approximate surface area is 200 Å². The summed E-state index contributed by atoms with van der Waals surface area (Å²) in [5, 5.41) is 9.89. The van der Waals surface area contributed by atoms with Crippen molar-refractivity contribution in [1.82, 2.24) is 9.88 Å². The molecule has 0 radical (unpaired) electrons. The highest BCUT2D eigenvalue weighted by atomic mass is 16.5. The van der Waals surface area contributed by atoms with Crippen molar-refractivity contribution >= 4 is 18.0 Å². The third kappa shape index (κ3) is 6.70. The Balaban J connectivity index is 1.64. The third-order valence-electron chi connectivity index (χ3n) is 5.59. The molecule has 1 aliphatic rings. The first-order valence-electron chi connectivity index (χ1n) is 11.7. The van der Waals surface area contributed by atoms with Crippen molar-refractivity contribution in [3.05, 3.63) is 77.6 Å². The second-order valence-electron chi connectivity index (χ2n) is 8.09. The summed E-state index contributed by atoms with van der Waals surface area (Å²) < 4.78 is 11.3. The topological polar surface area (TPSA) is 92.9 Å². The number of nitrogens with zero attached hydrogens (tertiary/aromatic N) is 2. The van der Waals surface area contributed by atoms with Crippen LogP contribution >= 0.6 is 0 Å². The highest BCUT2D eigenvalue weighted by molar-refractivity contribution is 5.92. The first-order chi connectivity index (χ1) is 16.5. The number of carboxylic acid groups (broad SMARTS) is 1. The van der Waals surface area contributed by atoms with Gasteiger partial charge in [-0.25, -0.2) is 9.78 Å². The van der Waals surface area contributed by atoms with Crippen LogP contribution in [-0.4, -0.2) is 40.0 Å². The second kappa shape index (κ2) is 12.6. The maximum Gasteiger partial charge on any atom is 0.331 e. The van der Waals surface area contributed by atoms with Gasteiger partial charge >= 0.3 is 5.97 Å². The summed E-state index contributed by atoms with van der Waals surface area (Å²) in [6.07, 6.45) is 16.6. The van der Waals surface area contributed by atoms with Crippen LogP contribution in [0.5, 0.6) is 5.75 Å². The van der Waals surface area contributed by atoms with Crippen molar-refractivity contribution in [2.75, 3.05) is 13.2 Å². The van der Waals surface area contributed by atoms with E-state index in [0.717, 1.165) is 30.5 Å². The number of allylic oxidation sites excluding steroid dienone is 4. The highest BCUT2D eigenvalue weighted by Gasteiger charge is 2.35. The van der Waals surface area contributed by atoms with Crippen LogP contribution in [0.1, 0.15) is 61.9 Å². The predicted octanol–water partition coefficient (Wildman–Crippen LogP) is 5.14. The lowest BCUT2D eigenvalue weighted by molar-refractivity contribution is -0.149. The van der Waals surface area contributed by atoms with Gasteiger partial charge in [-0.15, -0.1) is 0 Å². The van der Waals surface area contributed by atoms with Gasteiger partial charge in [0.2, 0.25) is 11.8 Å². The monoisotopic (exact) mass is 464 g/mol. The van der Waals surface area contributed by atoms with Gasteiger partial charge < -0.3 is 19.2 Å². The number of aliphatic carboxylic acids is 1. The van der Waals surface area contributed by atoms with E-state index in [1.165, 1.54) is 11.0 Å². The van der Waals surface area contributed by atoms with Crippen LogP contribution in [0.4, 0.5) is 0 Å². The minimum atomic E-state index is -1.06. The number of hydrogen-bond acceptors (Lipinski definition) is 5. The van der Waals surface area contributed by atoms with E-state index in [9.17, 15) is 14.7 Å². The molecule has 1 N–H and O–H groups in total. The normalized spacial score (nSPS) is 15.9. The number of benzene rings is 1. The molecule has 2 aromatic rings. The van der Waals surface area contributed by atoms with Gasteiger partial charge in [0.15, 0.2) is 6.04 Å². The highest BCUT2D eigenvalue weighted by Crippen LogP contribution is 2.33. The molecular formula is C27H32N2O5. The van der Waals surface area contributed by atoms with Gasteiger partial charge in [-0.1, -0.05) is 50.1 Å². The lowest BCUT2D eigenvalue weighted by Gasteiger charge is -2.34. The van der Waals surface area contributed by atoms with Crippen LogP contribution in [0.2, 0.25) is 0 Å². The van der Waals surface area contributed by atoms with Crippen molar-refractivity contribution in [2.24, 2.45) is 0 Å². The van der Waals surface area contributed by atoms with Gasteiger partial charge in [-0.3, -0.25) is 4.79 Å². The number of carboxylic acids is 1. The Kier molecular flexibility index (Phi) is 9.26. The summed E-state index contributed by atoms with van der Waals surface area (Å²) in [5.74, 6) is -0.245. The van der Waals surface area contributed by atoms with Crippen LogP contribution in [0, 0.1) is 0 Å². The summed E-state index contributed by atoms with van der Waals surface area (Å²) in [6, 6.07) is 4.40. The predicted molar refractivity (Wildman–Crippen MR) is 130 cm³/mol. The average Bonchev–Trinajstić information content (AvgIpc) is 3.28. The molecule has 7 nitrogen and oxygen atoms in total. The van der Waals surface area contributed by atoms with E-state index >= 15 is 0 Å². The van der Waals surface area contributed by atoms with E-state index in [-0.39, 0.29) is 5.91 Å². The smallest absolute Gasteiger partial charge is 0.331 e. The molecule has 1 aromatic heterocycles. The number of aromatic nitrogens is 1. The molecule has 0 bridgehead atoms. The fourth-order valence-electron chi connectivity index (χ4n) is 3.82. The first kappa shape index (κ1) is 25.0. The molecule has 0 spiro atoms. The summed E-state index contributed by atoms with van der Waals surface area (Å²) in [7, 11) is 0. The van der Waals surface area contributed by atoms with Gasteiger partial charge in [0.05, 0.1) is 12.3 Å². The molecule has 1 aromatic carbocycles. The largest absolute Gasteiger partial charge is 0.493 e. The Morgan fingerprint density at radius 2 is 2.18 bits per heavy atom. The number of amides is 1. The lowest BCUT2D eigenvalue weighted by atomic mass is 9.92. The molecular weight excluding hydrogens is 432 g/mol. The molecule has 7 heteroatoms. The zero-order valence-corrected chi connectivity index (χ0v) is 19.8. The summed E-state index contributed by atoms with van der Waals surface area (Å²) >= 11 is 0. The molecule has 0 fully saturated rings. The van der Waals surface area contributed by atoms with Crippen LogP contribution in [0.15, 0.2) is 59.3 Å². The van der Waals surface area contributed by atoms with E-state index in [0.29, 0.717) is 43.2 Å². The number of hydrogen-bond donors (Lipinski definition) is 1. The van der Waals surface area contributed by atoms with Crippen molar-refractivity contribution in [3.63, 3.8) is 0 Å². The van der Waals surface area contributed by atoms with Gasteiger partial charge in [-0.05, 0) is 49.1 Å². The fourth-order valence-corrected chi connectivity index (χ4v) is 3.82. The Hall–Kier alpha value is -3.61. The molecule has 1 amide bonds. The van der Waals surface area contributed by atoms with Crippen molar-refractivity contribution in [1.29, 1.82) is 0 Å². The molecule has 1 unspecified atom stereocenters. The van der Waals surface area contributed by atoms with E-state index in [4.69, 9.17) is 9.15 Å². The lowest BCUT2D eigenvalue weighted by Crippen LogP contribution is -2.42. The number of ether oxygens (including phenoxy) is 1. The first-order valence-corrected chi connectivity index (χ1v) is 11.7. The molecule has 34 heavy (non-hydrogen) atoms. The summed E-state index contributed by atoms with van der Waals surface area (Å²) in [6.45, 7) is 4.73. The molecule has 1 aliphatic heterocycles.